The molecule has 0 aliphatic heterocycles. The summed E-state index contributed by atoms with van der Waals surface area (Å²) in [5.74, 6) is 0.0143. The van der Waals surface area contributed by atoms with Gasteiger partial charge >= 0.3 is 0 Å². The van der Waals surface area contributed by atoms with Crippen LogP contribution in [0.1, 0.15) is 10.4 Å². The maximum Gasteiger partial charge on any atom is 0.154 e. The minimum atomic E-state index is 0.0143. The first-order chi connectivity index (χ1) is 9.31. The zero-order valence-corrected chi connectivity index (χ0v) is 10.2. The van der Waals surface area contributed by atoms with Gasteiger partial charge in [0.1, 0.15) is 5.75 Å². The number of benzene rings is 3. The summed E-state index contributed by atoms with van der Waals surface area (Å²) in [6.45, 7) is 0. The van der Waals surface area contributed by atoms with E-state index in [0.717, 1.165) is 21.9 Å². The molecule has 0 aliphatic carbocycles. The molecule has 0 radical (unpaired) electrons. The summed E-state index contributed by atoms with van der Waals surface area (Å²) in [6, 6.07) is 19.1. The number of phenols is 1. The van der Waals surface area contributed by atoms with Gasteiger partial charge in [-0.25, -0.2) is 0 Å². The van der Waals surface area contributed by atoms with Crippen molar-refractivity contribution in [3.05, 3.63) is 66.2 Å². The lowest BCUT2D eigenvalue weighted by Gasteiger charge is -2.10. The highest BCUT2D eigenvalue weighted by Gasteiger charge is 2.10. The second-order valence-electron chi connectivity index (χ2n) is 4.38. The summed E-state index contributed by atoms with van der Waals surface area (Å²) >= 11 is 0. The van der Waals surface area contributed by atoms with Gasteiger partial charge in [-0.15, -0.1) is 0 Å². The second kappa shape index (κ2) is 4.58. The lowest BCUT2D eigenvalue weighted by Crippen LogP contribution is -1.89. The highest BCUT2D eigenvalue weighted by molar-refractivity contribution is 6.01. The van der Waals surface area contributed by atoms with Gasteiger partial charge in [-0.3, -0.25) is 4.79 Å². The van der Waals surface area contributed by atoms with E-state index >= 15 is 0 Å². The number of fused-ring (bicyclic) bond motifs is 1. The molecule has 0 amide bonds. The largest absolute Gasteiger partial charge is 0.507 e. The van der Waals surface area contributed by atoms with Gasteiger partial charge < -0.3 is 5.11 Å². The fourth-order valence-electron chi connectivity index (χ4n) is 2.37. The first-order valence-corrected chi connectivity index (χ1v) is 6.06. The number of hydrogen-bond donors (Lipinski definition) is 1. The third-order valence-electron chi connectivity index (χ3n) is 3.28. The second-order valence-corrected chi connectivity index (χ2v) is 4.38. The number of carbonyl (C=O) groups is 1. The molecule has 92 valence electrons. The Balaban J connectivity index is 2.37. The fraction of sp³-hybridized carbons (Fsp3) is 0. The average Bonchev–Trinajstić information content (AvgIpc) is 2.46. The highest BCUT2D eigenvalue weighted by atomic mass is 16.3. The highest BCUT2D eigenvalue weighted by Crippen LogP contribution is 2.33. The summed E-state index contributed by atoms with van der Waals surface area (Å²) < 4.78 is 0. The first-order valence-electron chi connectivity index (χ1n) is 6.06. The molecule has 0 bridgehead atoms. The monoisotopic (exact) mass is 248 g/mol. The van der Waals surface area contributed by atoms with Crippen molar-refractivity contribution in [3.63, 3.8) is 0 Å². The molecule has 0 aromatic heterocycles. The normalized spacial score (nSPS) is 10.5. The van der Waals surface area contributed by atoms with Gasteiger partial charge in [0.05, 0.1) is 5.56 Å². The van der Waals surface area contributed by atoms with Crippen molar-refractivity contribution in [1.29, 1.82) is 0 Å². The lowest BCUT2D eigenvalue weighted by atomic mass is 9.95. The third kappa shape index (κ3) is 1.87. The molecule has 0 saturated carbocycles. The molecule has 2 heteroatoms. The lowest BCUT2D eigenvalue weighted by molar-refractivity contribution is 0.112. The molecule has 0 aliphatic rings. The van der Waals surface area contributed by atoms with Crippen molar-refractivity contribution in [2.75, 3.05) is 0 Å². The topological polar surface area (TPSA) is 37.3 Å². The van der Waals surface area contributed by atoms with Crippen LogP contribution >= 0.6 is 0 Å². The molecule has 0 saturated heterocycles. The van der Waals surface area contributed by atoms with Crippen molar-refractivity contribution >= 4 is 17.1 Å². The van der Waals surface area contributed by atoms with Crippen molar-refractivity contribution in [2.45, 2.75) is 0 Å². The van der Waals surface area contributed by atoms with Crippen LogP contribution in [0.4, 0.5) is 0 Å². The van der Waals surface area contributed by atoms with Crippen LogP contribution < -0.4 is 0 Å². The molecule has 0 unspecified atom stereocenters. The minimum absolute atomic E-state index is 0.0143. The van der Waals surface area contributed by atoms with Crippen LogP contribution in [0.5, 0.6) is 5.75 Å². The van der Waals surface area contributed by atoms with Gasteiger partial charge in [0.25, 0.3) is 0 Å². The summed E-state index contributed by atoms with van der Waals surface area (Å²) in [6.07, 6.45) is 0.701. The van der Waals surface area contributed by atoms with Crippen LogP contribution in [-0.4, -0.2) is 11.4 Å². The van der Waals surface area contributed by atoms with Gasteiger partial charge in [0.2, 0.25) is 0 Å². The molecule has 0 atom stereocenters. The number of phenolic OH excluding ortho intramolecular Hbond substituents is 1. The SMILES string of the molecule is O=Cc1c(O)cccc1-c1cccc2ccccc12. The van der Waals surface area contributed by atoms with E-state index in [0.29, 0.717) is 11.8 Å². The van der Waals surface area contributed by atoms with Crippen LogP contribution in [0.2, 0.25) is 0 Å². The minimum Gasteiger partial charge on any atom is -0.507 e. The summed E-state index contributed by atoms with van der Waals surface area (Å²) in [7, 11) is 0. The van der Waals surface area contributed by atoms with E-state index in [2.05, 4.69) is 0 Å². The average molecular weight is 248 g/mol. The molecular formula is C17H12O2. The molecule has 3 aromatic rings. The maximum absolute atomic E-state index is 11.2. The van der Waals surface area contributed by atoms with Gasteiger partial charge in [0.15, 0.2) is 6.29 Å². The number of rotatable bonds is 2. The quantitative estimate of drug-likeness (QED) is 0.695. The molecule has 0 spiro atoms. The van der Waals surface area contributed by atoms with E-state index in [-0.39, 0.29) is 5.75 Å². The van der Waals surface area contributed by atoms with E-state index < -0.39 is 0 Å². The van der Waals surface area contributed by atoms with Gasteiger partial charge in [-0.05, 0) is 28.0 Å². The molecule has 3 aromatic carbocycles. The Morgan fingerprint density at radius 1 is 0.789 bits per heavy atom. The van der Waals surface area contributed by atoms with E-state index in [1.165, 1.54) is 6.07 Å². The smallest absolute Gasteiger partial charge is 0.154 e. The van der Waals surface area contributed by atoms with Crippen LogP contribution in [0.25, 0.3) is 21.9 Å². The molecule has 3 rings (SSSR count). The van der Waals surface area contributed by atoms with E-state index in [9.17, 15) is 9.90 Å². The van der Waals surface area contributed by atoms with Crippen LogP contribution in [-0.2, 0) is 0 Å². The Morgan fingerprint density at radius 3 is 2.32 bits per heavy atom. The number of aldehydes is 1. The first kappa shape index (κ1) is 11.5. The zero-order valence-electron chi connectivity index (χ0n) is 10.2. The Hall–Kier alpha value is -2.61. The number of carbonyl (C=O) groups excluding carboxylic acids is 1. The number of hydrogen-bond acceptors (Lipinski definition) is 2. The molecule has 0 fully saturated rings. The van der Waals surface area contributed by atoms with Gasteiger partial charge in [0, 0.05) is 0 Å². The van der Waals surface area contributed by atoms with Crippen LogP contribution in [0.15, 0.2) is 60.7 Å². The van der Waals surface area contributed by atoms with E-state index in [1.54, 1.807) is 6.07 Å². The molecule has 0 heterocycles. The predicted molar refractivity (Wildman–Crippen MR) is 76.4 cm³/mol. The van der Waals surface area contributed by atoms with Crippen molar-refractivity contribution in [3.8, 4) is 16.9 Å². The Morgan fingerprint density at radius 2 is 1.47 bits per heavy atom. The predicted octanol–water partition coefficient (Wildman–Crippen LogP) is 4.02. The maximum atomic E-state index is 11.2. The van der Waals surface area contributed by atoms with Crippen molar-refractivity contribution in [2.24, 2.45) is 0 Å². The number of aromatic hydroxyl groups is 1. The molecular weight excluding hydrogens is 236 g/mol. The van der Waals surface area contributed by atoms with E-state index in [4.69, 9.17) is 0 Å². The summed E-state index contributed by atoms with van der Waals surface area (Å²) in [5, 5.41) is 12.0. The Kier molecular flexibility index (Phi) is 2.76. The zero-order chi connectivity index (χ0) is 13.2. The van der Waals surface area contributed by atoms with Crippen molar-refractivity contribution < 1.29 is 9.90 Å². The Labute approximate surface area is 110 Å². The Bertz CT molecular complexity index is 755. The van der Waals surface area contributed by atoms with Crippen LogP contribution in [0, 0.1) is 0 Å². The fourth-order valence-corrected chi connectivity index (χ4v) is 2.37. The molecule has 19 heavy (non-hydrogen) atoms. The van der Waals surface area contributed by atoms with Crippen LogP contribution in [0.3, 0.4) is 0 Å². The third-order valence-corrected chi connectivity index (χ3v) is 3.28. The molecule has 2 nitrogen and oxygen atoms in total. The summed E-state index contributed by atoms with van der Waals surface area (Å²) in [5.41, 5.74) is 2.04. The van der Waals surface area contributed by atoms with E-state index in [1.807, 2.05) is 48.5 Å². The summed E-state index contributed by atoms with van der Waals surface area (Å²) in [4.78, 5) is 11.2. The van der Waals surface area contributed by atoms with Gasteiger partial charge in [-0.2, -0.15) is 0 Å². The van der Waals surface area contributed by atoms with Gasteiger partial charge in [-0.1, -0.05) is 54.6 Å². The molecule has 1 N–H and O–H groups in total. The van der Waals surface area contributed by atoms with Crippen molar-refractivity contribution in [1.82, 2.24) is 0 Å². The standard InChI is InChI=1S/C17H12O2/c18-11-16-15(9-4-10-17(16)19)14-8-3-6-12-5-1-2-7-13(12)14/h1-11,19H.